The lowest BCUT2D eigenvalue weighted by Gasteiger charge is -2.38. The standard InChI is InChI=1S/C21H24O10/c1-29-13-6-10(2-3-11-8-12(22)4-5-15(11)23)7-14(9-13)30-21-18(26)16(24)17(25)19(31-21)20(27)28/h4-9,16-19,21-26H,2-3H2,1H3,(H,27,28). The van der Waals surface area contributed by atoms with E-state index in [9.17, 15) is 30.3 Å². The molecule has 0 radical (unpaired) electrons. The van der Waals surface area contributed by atoms with Gasteiger partial charge in [-0.15, -0.1) is 0 Å². The Balaban J connectivity index is 1.78. The highest BCUT2D eigenvalue weighted by atomic mass is 16.7. The van der Waals surface area contributed by atoms with Crippen molar-refractivity contribution in [3.05, 3.63) is 47.5 Å². The van der Waals surface area contributed by atoms with Crippen LogP contribution in [0.5, 0.6) is 23.0 Å². The SMILES string of the molecule is COc1cc(CCc2cc(O)ccc2O)cc(OC2OC(C(=O)O)C(O)C(O)C2O)c1. The number of aliphatic hydroxyl groups is 3. The van der Waals surface area contributed by atoms with E-state index in [1.54, 1.807) is 12.1 Å². The van der Waals surface area contributed by atoms with Gasteiger partial charge >= 0.3 is 5.97 Å². The van der Waals surface area contributed by atoms with Crippen LogP contribution in [0.15, 0.2) is 36.4 Å². The van der Waals surface area contributed by atoms with Gasteiger partial charge in [0.2, 0.25) is 6.29 Å². The summed E-state index contributed by atoms with van der Waals surface area (Å²) < 4.78 is 16.0. The third-order valence-electron chi connectivity index (χ3n) is 4.99. The van der Waals surface area contributed by atoms with Crippen LogP contribution in [0.1, 0.15) is 11.1 Å². The highest BCUT2D eigenvalue weighted by Gasteiger charge is 2.48. The maximum absolute atomic E-state index is 11.2. The first kappa shape index (κ1) is 22.6. The van der Waals surface area contributed by atoms with Crippen LogP contribution in [0.3, 0.4) is 0 Å². The average Bonchev–Trinajstić information content (AvgIpc) is 2.74. The highest BCUT2D eigenvalue weighted by Crippen LogP contribution is 2.30. The number of hydrogen-bond donors (Lipinski definition) is 6. The van der Waals surface area contributed by atoms with E-state index in [-0.39, 0.29) is 17.2 Å². The predicted molar refractivity (Wildman–Crippen MR) is 105 cm³/mol. The number of ether oxygens (including phenoxy) is 3. The molecule has 3 rings (SSSR count). The van der Waals surface area contributed by atoms with Crippen LogP contribution in [0.25, 0.3) is 0 Å². The van der Waals surface area contributed by atoms with Crippen molar-refractivity contribution in [2.24, 2.45) is 0 Å². The third kappa shape index (κ3) is 5.17. The Bertz CT molecular complexity index is 930. The van der Waals surface area contributed by atoms with Crippen molar-refractivity contribution >= 4 is 5.97 Å². The minimum absolute atomic E-state index is 0.0274. The number of methoxy groups -OCH3 is 1. The monoisotopic (exact) mass is 436 g/mol. The van der Waals surface area contributed by atoms with Crippen molar-refractivity contribution in [2.45, 2.75) is 43.5 Å². The normalized spacial score (nSPS) is 25.7. The number of aliphatic carboxylic acids is 1. The van der Waals surface area contributed by atoms with Gasteiger partial charge < -0.3 is 44.8 Å². The zero-order valence-corrected chi connectivity index (χ0v) is 16.6. The lowest BCUT2D eigenvalue weighted by molar-refractivity contribution is -0.271. The molecule has 2 aromatic rings. The number of phenolic OH excluding ortho intramolecular Hbond substituents is 2. The van der Waals surface area contributed by atoms with E-state index in [0.29, 0.717) is 24.2 Å². The lowest BCUT2D eigenvalue weighted by atomic mass is 9.99. The molecule has 1 heterocycles. The number of hydrogen-bond acceptors (Lipinski definition) is 9. The van der Waals surface area contributed by atoms with Gasteiger partial charge in [-0.1, -0.05) is 0 Å². The molecule has 0 spiro atoms. The molecule has 0 saturated carbocycles. The van der Waals surface area contributed by atoms with Gasteiger partial charge in [0.05, 0.1) is 7.11 Å². The average molecular weight is 436 g/mol. The van der Waals surface area contributed by atoms with Crippen LogP contribution in [-0.2, 0) is 22.4 Å². The van der Waals surface area contributed by atoms with Gasteiger partial charge in [-0.05, 0) is 54.3 Å². The predicted octanol–water partition coefficient (Wildman–Crippen LogP) is 0.163. The molecule has 0 bridgehead atoms. The Kier molecular flexibility index (Phi) is 6.86. The molecule has 6 N–H and O–H groups in total. The number of aliphatic hydroxyl groups excluding tert-OH is 3. The van der Waals surface area contributed by atoms with Crippen molar-refractivity contribution in [2.75, 3.05) is 7.11 Å². The molecule has 1 fully saturated rings. The van der Waals surface area contributed by atoms with Crippen molar-refractivity contribution in [3.63, 3.8) is 0 Å². The molecule has 31 heavy (non-hydrogen) atoms. The molecule has 5 atom stereocenters. The number of carboxylic acids is 1. The Morgan fingerprint density at radius 3 is 2.35 bits per heavy atom. The molecule has 0 aromatic heterocycles. The van der Waals surface area contributed by atoms with Gasteiger partial charge in [-0.25, -0.2) is 4.79 Å². The molecule has 0 amide bonds. The second kappa shape index (κ2) is 9.40. The maximum atomic E-state index is 11.2. The van der Waals surface area contributed by atoms with Gasteiger partial charge in [-0.3, -0.25) is 0 Å². The van der Waals surface area contributed by atoms with E-state index >= 15 is 0 Å². The molecule has 10 nitrogen and oxygen atoms in total. The van der Waals surface area contributed by atoms with E-state index < -0.39 is 36.7 Å². The van der Waals surface area contributed by atoms with Crippen LogP contribution < -0.4 is 9.47 Å². The van der Waals surface area contributed by atoms with Crippen molar-refractivity contribution in [3.8, 4) is 23.0 Å². The largest absolute Gasteiger partial charge is 0.508 e. The molecule has 0 aliphatic carbocycles. The van der Waals surface area contributed by atoms with Crippen LogP contribution >= 0.6 is 0 Å². The number of aromatic hydroxyl groups is 2. The van der Waals surface area contributed by atoms with Gasteiger partial charge in [0.1, 0.15) is 41.3 Å². The zero-order valence-electron chi connectivity index (χ0n) is 16.6. The summed E-state index contributed by atoms with van der Waals surface area (Å²) in [5.74, 6) is -0.855. The number of carboxylic acid groups (broad SMARTS) is 1. The summed E-state index contributed by atoms with van der Waals surface area (Å²) in [5.41, 5.74) is 1.26. The first-order chi connectivity index (χ1) is 14.7. The first-order valence-electron chi connectivity index (χ1n) is 9.47. The lowest BCUT2D eigenvalue weighted by Crippen LogP contribution is -2.61. The molecule has 10 heteroatoms. The number of aryl methyl sites for hydroxylation is 2. The molecule has 1 aliphatic heterocycles. The summed E-state index contributed by atoms with van der Waals surface area (Å²) in [6.45, 7) is 0. The molecule has 1 saturated heterocycles. The van der Waals surface area contributed by atoms with Crippen molar-refractivity contribution < 1.29 is 49.6 Å². The van der Waals surface area contributed by atoms with Crippen LogP contribution in [0, 0.1) is 0 Å². The first-order valence-corrected chi connectivity index (χ1v) is 9.47. The second-order valence-corrected chi connectivity index (χ2v) is 7.18. The van der Waals surface area contributed by atoms with Crippen LogP contribution in [0.2, 0.25) is 0 Å². The molecule has 168 valence electrons. The summed E-state index contributed by atoms with van der Waals surface area (Å²) in [7, 11) is 1.44. The van der Waals surface area contributed by atoms with Gasteiger partial charge in [0.25, 0.3) is 0 Å². The van der Waals surface area contributed by atoms with Gasteiger partial charge in [0, 0.05) is 6.07 Å². The van der Waals surface area contributed by atoms with E-state index in [0.717, 1.165) is 5.56 Å². The maximum Gasteiger partial charge on any atom is 0.335 e. The van der Waals surface area contributed by atoms with Crippen molar-refractivity contribution in [1.29, 1.82) is 0 Å². The topological polar surface area (TPSA) is 166 Å². The Morgan fingerprint density at radius 2 is 1.68 bits per heavy atom. The number of rotatable bonds is 7. The Labute approximate surface area is 177 Å². The smallest absolute Gasteiger partial charge is 0.335 e. The summed E-state index contributed by atoms with van der Waals surface area (Å²) in [6.07, 6.45) is -7.79. The zero-order chi connectivity index (χ0) is 22.7. The quantitative estimate of drug-likeness (QED) is 0.329. The second-order valence-electron chi connectivity index (χ2n) is 7.18. The molecule has 1 aliphatic rings. The number of phenols is 2. The number of carbonyl (C=O) groups is 1. The highest BCUT2D eigenvalue weighted by molar-refractivity contribution is 5.73. The number of benzene rings is 2. The molecule has 2 aromatic carbocycles. The van der Waals surface area contributed by atoms with Gasteiger partial charge in [-0.2, -0.15) is 0 Å². The Morgan fingerprint density at radius 1 is 0.968 bits per heavy atom. The Hall–Kier alpha value is -3.05. The fourth-order valence-corrected chi connectivity index (χ4v) is 3.30. The van der Waals surface area contributed by atoms with E-state index in [1.807, 2.05) is 0 Å². The van der Waals surface area contributed by atoms with Crippen LogP contribution in [0.4, 0.5) is 0 Å². The minimum Gasteiger partial charge on any atom is -0.508 e. The summed E-state index contributed by atoms with van der Waals surface area (Å²) >= 11 is 0. The molecular weight excluding hydrogens is 412 g/mol. The third-order valence-corrected chi connectivity index (χ3v) is 4.99. The van der Waals surface area contributed by atoms with E-state index in [1.165, 1.54) is 31.4 Å². The molecular formula is C21H24O10. The van der Waals surface area contributed by atoms with E-state index in [2.05, 4.69) is 0 Å². The summed E-state index contributed by atoms with van der Waals surface area (Å²) in [5, 5.41) is 58.5. The van der Waals surface area contributed by atoms with Gasteiger partial charge in [0.15, 0.2) is 6.10 Å². The fraction of sp³-hybridized carbons (Fsp3) is 0.381. The molecule has 5 unspecified atom stereocenters. The fourth-order valence-electron chi connectivity index (χ4n) is 3.30. The summed E-state index contributed by atoms with van der Waals surface area (Å²) in [4.78, 5) is 11.2. The minimum atomic E-state index is -1.82. The summed E-state index contributed by atoms with van der Waals surface area (Å²) in [6, 6.07) is 9.04. The van der Waals surface area contributed by atoms with Crippen LogP contribution in [-0.4, -0.2) is 74.4 Å². The van der Waals surface area contributed by atoms with E-state index in [4.69, 9.17) is 19.3 Å². The van der Waals surface area contributed by atoms with Crippen molar-refractivity contribution in [1.82, 2.24) is 0 Å².